The molecular formula is C25H28N2O2. The van der Waals surface area contributed by atoms with Gasteiger partial charge < -0.3 is 10.1 Å². The number of hydrogen-bond acceptors (Lipinski definition) is 3. The van der Waals surface area contributed by atoms with Crippen molar-refractivity contribution < 1.29 is 9.53 Å². The van der Waals surface area contributed by atoms with Crippen LogP contribution in [0, 0.1) is 6.92 Å². The van der Waals surface area contributed by atoms with Crippen molar-refractivity contribution in [2.24, 2.45) is 0 Å². The predicted molar refractivity (Wildman–Crippen MR) is 117 cm³/mol. The van der Waals surface area contributed by atoms with Crippen LogP contribution in [0.5, 0.6) is 5.75 Å². The number of benzene rings is 3. The molecule has 150 valence electrons. The first-order chi connectivity index (χ1) is 14.1. The van der Waals surface area contributed by atoms with E-state index in [1.807, 2.05) is 49.4 Å². The van der Waals surface area contributed by atoms with Crippen LogP contribution < -0.4 is 15.4 Å². The highest BCUT2D eigenvalue weighted by molar-refractivity contribution is 5.81. The van der Waals surface area contributed by atoms with E-state index < -0.39 is 0 Å². The fourth-order valence-corrected chi connectivity index (χ4v) is 3.20. The third-order valence-electron chi connectivity index (χ3n) is 4.98. The number of nitrogens with one attached hydrogen (secondary N) is 2. The van der Waals surface area contributed by atoms with Gasteiger partial charge in [0.15, 0.2) is 0 Å². The topological polar surface area (TPSA) is 50.4 Å². The molecule has 0 aliphatic rings. The minimum absolute atomic E-state index is 0.0335. The number of aryl methyl sites for hydroxylation is 1. The van der Waals surface area contributed by atoms with Crippen molar-refractivity contribution in [3.05, 3.63) is 101 Å². The minimum atomic E-state index is -0.347. The molecule has 0 unspecified atom stereocenters. The van der Waals surface area contributed by atoms with Crippen LogP contribution in [0.15, 0.2) is 78.9 Å². The van der Waals surface area contributed by atoms with Crippen molar-refractivity contribution in [3.8, 4) is 5.75 Å². The lowest BCUT2D eigenvalue weighted by Gasteiger charge is -2.24. The summed E-state index contributed by atoms with van der Waals surface area (Å²) < 4.78 is 5.17. The van der Waals surface area contributed by atoms with Crippen LogP contribution in [0.3, 0.4) is 0 Å². The molecule has 0 aromatic heterocycles. The van der Waals surface area contributed by atoms with Gasteiger partial charge >= 0.3 is 0 Å². The van der Waals surface area contributed by atoms with Gasteiger partial charge in [-0.3, -0.25) is 10.1 Å². The Morgan fingerprint density at radius 2 is 1.52 bits per heavy atom. The van der Waals surface area contributed by atoms with Gasteiger partial charge in [0.25, 0.3) is 0 Å². The average molecular weight is 389 g/mol. The molecule has 1 amide bonds. The third-order valence-corrected chi connectivity index (χ3v) is 4.98. The van der Waals surface area contributed by atoms with Crippen LogP contribution in [0.4, 0.5) is 0 Å². The summed E-state index contributed by atoms with van der Waals surface area (Å²) in [5.74, 6) is 0.771. The molecular weight excluding hydrogens is 360 g/mol. The Balaban J connectivity index is 1.67. The summed E-state index contributed by atoms with van der Waals surface area (Å²) in [7, 11) is 1.64. The van der Waals surface area contributed by atoms with Crippen LogP contribution in [0.2, 0.25) is 0 Å². The highest BCUT2D eigenvalue weighted by atomic mass is 16.5. The highest BCUT2D eigenvalue weighted by Gasteiger charge is 2.20. The summed E-state index contributed by atoms with van der Waals surface area (Å²) in [6, 6.07) is 25.9. The summed E-state index contributed by atoms with van der Waals surface area (Å²) in [5.41, 5.74) is 4.51. The molecule has 0 fully saturated rings. The lowest BCUT2D eigenvalue weighted by molar-refractivity contribution is -0.123. The highest BCUT2D eigenvalue weighted by Crippen LogP contribution is 2.23. The Hall–Kier alpha value is -3.11. The third kappa shape index (κ3) is 5.69. The molecule has 0 saturated carbocycles. The second-order valence-electron chi connectivity index (χ2n) is 7.21. The summed E-state index contributed by atoms with van der Waals surface area (Å²) >= 11 is 0. The Labute approximate surface area is 172 Å². The summed E-state index contributed by atoms with van der Waals surface area (Å²) in [4.78, 5) is 12.7. The van der Waals surface area contributed by atoms with E-state index in [0.29, 0.717) is 6.54 Å². The van der Waals surface area contributed by atoms with Gasteiger partial charge in [-0.15, -0.1) is 0 Å². The summed E-state index contributed by atoms with van der Waals surface area (Å²) in [6.45, 7) is 4.45. The van der Waals surface area contributed by atoms with Gasteiger partial charge in [-0.25, -0.2) is 0 Å². The molecule has 0 aliphatic carbocycles. The molecule has 0 aliphatic heterocycles. The van der Waals surface area contributed by atoms with E-state index >= 15 is 0 Å². The number of rotatable bonds is 8. The van der Waals surface area contributed by atoms with Gasteiger partial charge in [-0.1, -0.05) is 72.3 Å². The zero-order chi connectivity index (χ0) is 20.6. The number of carbonyl (C=O) groups is 1. The molecule has 3 rings (SSSR count). The second kappa shape index (κ2) is 9.89. The van der Waals surface area contributed by atoms with E-state index in [4.69, 9.17) is 4.74 Å². The lowest BCUT2D eigenvalue weighted by Crippen LogP contribution is -2.43. The van der Waals surface area contributed by atoms with E-state index in [0.717, 1.165) is 22.4 Å². The molecule has 3 aromatic rings. The predicted octanol–water partition coefficient (Wildman–Crippen LogP) is 4.39. The van der Waals surface area contributed by atoms with Crippen LogP contribution in [-0.4, -0.2) is 19.1 Å². The molecule has 2 N–H and O–H groups in total. The standard InChI is InChI=1S/C25H28N2O2/c1-18-9-13-22(14-10-18)24(21-7-5-4-6-8-21)27-19(2)25(28)26-17-20-11-15-23(29-3)16-12-20/h4-16,19,24,27H,17H2,1-3H3,(H,26,28)/t19-,24-/m0/s1. The minimum Gasteiger partial charge on any atom is -0.497 e. The largest absolute Gasteiger partial charge is 0.497 e. The Bertz CT molecular complexity index is 906. The molecule has 0 radical (unpaired) electrons. The van der Waals surface area contributed by atoms with Crippen LogP contribution in [0.1, 0.15) is 35.2 Å². The van der Waals surface area contributed by atoms with E-state index in [1.54, 1.807) is 7.11 Å². The fraction of sp³-hybridized carbons (Fsp3) is 0.240. The molecule has 3 aromatic carbocycles. The number of ether oxygens (including phenoxy) is 1. The van der Waals surface area contributed by atoms with E-state index in [2.05, 4.69) is 54.0 Å². The average Bonchev–Trinajstić information content (AvgIpc) is 2.77. The first-order valence-corrected chi connectivity index (χ1v) is 9.85. The Morgan fingerprint density at radius 1 is 0.897 bits per heavy atom. The number of methoxy groups -OCH3 is 1. The van der Waals surface area contributed by atoms with Crippen molar-refractivity contribution in [3.63, 3.8) is 0 Å². The van der Waals surface area contributed by atoms with Crippen molar-refractivity contribution in [1.29, 1.82) is 0 Å². The van der Waals surface area contributed by atoms with Crippen molar-refractivity contribution in [2.45, 2.75) is 32.5 Å². The van der Waals surface area contributed by atoms with Gasteiger partial charge in [0.05, 0.1) is 19.2 Å². The van der Waals surface area contributed by atoms with Crippen molar-refractivity contribution in [2.75, 3.05) is 7.11 Å². The summed E-state index contributed by atoms with van der Waals surface area (Å²) in [6.07, 6.45) is 0. The van der Waals surface area contributed by atoms with Gasteiger partial charge in [0, 0.05) is 6.54 Å². The van der Waals surface area contributed by atoms with Gasteiger partial charge in [-0.2, -0.15) is 0 Å². The number of hydrogen-bond donors (Lipinski definition) is 2. The maximum atomic E-state index is 12.7. The molecule has 2 atom stereocenters. The lowest BCUT2D eigenvalue weighted by atomic mass is 9.97. The normalized spacial score (nSPS) is 12.8. The van der Waals surface area contributed by atoms with Gasteiger partial charge in [-0.05, 0) is 42.7 Å². The fourth-order valence-electron chi connectivity index (χ4n) is 3.20. The van der Waals surface area contributed by atoms with Crippen LogP contribution in [0.25, 0.3) is 0 Å². The van der Waals surface area contributed by atoms with E-state index in [1.165, 1.54) is 5.56 Å². The van der Waals surface area contributed by atoms with Crippen molar-refractivity contribution in [1.82, 2.24) is 10.6 Å². The first kappa shape index (κ1) is 20.6. The smallest absolute Gasteiger partial charge is 0.237 e. The second-order valence-corrected chi connectivity index (χ2v) is 7.21. The van der Waals surface area contributed by atoms with Gasteiger partial charge in [0.2, 0.25) is 5.91 Å². The quantitative estimate of drug-likeness (QED) is 0.602. The zero-order valence-electron chi connectivity index (χ0n) is 17.2. The molecule has 4 nitrogen and oxygen atoms in total. The van der Waals surface area contributed by atoms with Crippen LogP contribution >= 0.6 is 0 Å². The molecule has 0 spiro atoms. The molecule has 4 heteroatoms. The monoisotopic (exact) mass is 388 g/mol. The Kier molecular flexibility index (Phi) is 7.04. The van der Waals surface area contributed by atoms with Gasteiger partial charge in [0.1, 0.15) is 5.75 Å². The van der Waals surface area contributed by atoms with Crippen molar-refractivity contribution >= 4 is 5.91 Å². The van der Waals surface area contributed by atoms with E-state index in [-0.39, 0.29) is 18.0 Å². The Morgan fingerprint density at radius 3 is 2.14 bits per heavy atom. The maximum absolute atomic E-state index is 12.7. The first-order valence-electron chi connectivity index (χ1n) is 9.85. The summed E-state index contributed by atoms with van der Waals surface area (Å²) in [5, 5.41) is 6.50. The molecule has 0 heterocycles. The zero-order valence-corrected chi connectivity index (χ0v) is 17.2. The van der Waals surface area contributed by atoms with E-state index in [9.17, 15) is 4.79 Å². The number of amides is 1. The molecule has 0 saturated heterocycles. The number of carbonyl (C=O) groups excluding carboxylic acids is 1. The van der Waals surface area contributed by atoms with Crippen LogP contribution in [-0.2, 0) is 11.3 Å². The molecule has 0 bridgehead atoms. The maximum Gasteiger partial charge on any atom is 0.237 e. The molecule has 29 heavy (non-hydrogen) atoms. The SMILES string of the molecule is COc1ccc(CNC(=O)[C@H](C)N[C@@H](c2ccccc2)c2ccc(C)cc2)cc1.